The first-order chi connectivity index (χ1) is 20.1. The minimum Gasteiger partial charge on any atom is -0.355 e. The van der Waals surface area contributed by atoms with E-state index < -0.39 is 0 Å². The summed E-state index contributed by atoms with van der Waals surface area (Å²) in [7, 11) is 0.942. The molecule has 0 aliphatic carbocycles. The summed E-state index contributed by atoms with van der Waals surface area (Å²) >= 11 is 0. The lowest BCUT2D eigenvalue weighted by Gasteiger charge is -2.37. The van der Waals surface area contributed by atoms with Crippen molar-refractivity contribution in [3.05, 3.63) is 114 Å². The SMILES string of the molecule is CCCCCc1cc(-c2cccc3c2Nc2ccccc2C3(C)C)c2c(c1)-n1c3ccccc3c3cccc(c31)B2. The van der Waals surface area contributed by atoms with Gasteiger partial charge < -0.3 is 9.88 Å². The maximum absolute atomic E-state index is 3.90. The predicted molar refractivity (Wildman–Crippen MR) is 178 cm³/mol. The first kappa shape index (κ1) is 24.6. The molecule has 2 aliphatic rings. The molecule has 0 saturated carbocycles. The molecule has 0 atom stereocenters. The third kappa shape index (κ3) is 3.58. The lowest BCUT2D eigenvalue weighted by atomic mass is 9.58. The van der Waals surface area contributed by atoms with Crippen molar-refractivity contribution in [1.82, 2.24) is 4.57 Å². The monoisotopic (exact) mass is 530 g/mol. The Kier molecular flexibility index (Phi) is 5.47. The number of anilines is 2. The van der Waals surface area contributed by atoms with Gasteiger partial charge in [-0.1, -0.05) is 118 Å². The average Bonchev–Trinajstić information content (AvgIpc) is 3.33. The van der Waals surface area contributed by atoms with Gasteiger partial charge in [-0.2, -0.15) is 0 Å². The molecule has 2 aliphatic heterocycles. The van der Waals surface area contributed by atoms with Gasteiger partial charge in [-0.25, -0.2) is 0 Å². The van der Waals surface area contributed by atoms with Crippen LogP contribution in [0.4, 0.5) is 11.4 Å². The van der Waals surface area contributed by atoms with Gasteiger partial charge in [0, 0.05) is 38.6 Å². The molecule has 1 N–H and O–H groups in total. The highest BCUT2D eigenvalue weighted by molar-refractivity contribution is 6.73. The number of aryl methyl sites for hydroxylation is 1. The molecule has 0 saturated heterocycles. The van der Waals surface area contributed by atoms with Crippen LogP contribution >= 0.6 is 0 Å². The van der Waals surface area contributed by atoms with Crippen LogP contribution in [0, 0.1) is 0 Å². The van der Waals surface area contributed by atoms with Gasteiger partial charge in [0.25, 0.3) is 0 Å². The van der Waals surface area contributed by atoms with E-state index in [1.807, 2.05) is 0 Å². The molecule has 41 heavy (non-hydrogen) atoms. The van der Waals surface area contributed by atoms with Crippen molar-refractivity contribution in [3.63, 3.8) is 0 Å². The lowest BCUT2D eigenvalue weighted by Crippen LogP contribution is -2.37. The molecule has 0 unspecified atom stereocenters. The van der Waals surface area contributed by atoms with Crippen LogP contribution in [-0.4, -0.2) is 11.8 Å². The predicted octanol–water partition coefficient (Wildman–Crippen LogP) is 8.27. The normalized spacial score (nSPS) is 14.2. The maximum Gasteiger partial charge on any atom is 0.198 e. The summed E-state index contributed by atoms with van der Waals surface area (Å²) in [4.78, 5) is 0. The summed E-state index contributed by atoms with van der Waals surface area (Å²) in [5.74, 6) is 0. The topological polar surface area (TPSA) is 17.0 Å². The first-order valence-electron chi connectivity index (χ1n) is 15.2. The van der Waals surface area contributed by atoms with Crippen molar-refractivity contribution >= 4 is 51.4 Å². The standard InChI is InChI=1S/C38H35BN2/c1-4-5-6-13-24-22-28(26-15-11-18-30-36(26)40-32-20-9-8-17-29(32)38(30,2)3)35-34(23-24)41-33-21-10-7-14-25(33)27-16-12-19-31(39-35)37(27)41/h7-12,14-23,39-40H,4-6,13H2,1-3H3. The van der Waals surface area contributed by atoms with Gasteiger partial charge in [-0.3, -0.25) is 0 Å². The number of unbranched alkanes of at least 4 members (excludes halogenated alkanes) is 2. The van der Waals surface area contributed by atoms with Crippen LogP contribution in [0.15, 0.2) is 97.1 Å². The van der Waals surface area contributed by atoms with Crippen LogP contribution in [0.2, 0.25) is 0 Å². The largest absolute Gasteiger partial charge is 0.355 e. The minimum absolute atomic E-state index is 0.0820. The van der Waals surface area contributed by atoms with Crippen LogP contribution in [-0.2, 0) is 11.8 Å². The summed E-state index contributed by atoms with van der Waals surface area (Å²) < 4.78 is 2.56. The number of benzene rings is 5. The van der Waals surface area contributed by atoms with E-state index in [4.69, 9.17) is 0 Å². The molecule has 2 nitrogen and oxygen atoms in total. The van der Waals surface area contributed by atoms with Crippen LogP contribution in [0.5, 0.6) is 0 Å². The fraction of sp³-hybridized carbons (Fsp3) is 0.211. The number of fused-ring (bicyclic) bond motifs is 7. The number of para-hydroxylation sites is 4. The Morgan fingerprint density at radius 3 is 2.44 bits per heavy atom. The molecule has 0 fully saturated rings. The number of nitrogens with one attached hydrogen (secondary N) is 1. The summed E-state index contributed by atoms with van der Waals surface area (Å²) in [5, 5.41) is 6.60. The molecule has 3 heteroatoms. The molecule has 1 aromatic heterocycles. The van der Waals surface area contributed by atoms with Gasteiger partial charge in [0.15, 0.2) is 7.28 Å². The molecule has 0 amide bonds. The Balaban J connectivity index is 1.42. The quantitative estimate of drug-likeness (QED) is 0.175. The van der Waals surface area contributed by atoms with E-state index >= 15 is 0 Å². The Hall–Kier alpha value is -4.24. The van der Waals surface area contributed by atoms with E-state index in [0.29, 0.717) is 0 Å². The number of hydrogen-bond donors (Lipinski definition) is 1. The Labute approximate surface area is 243 Å². The van der Waals surface area contributed by atoms with Gasteiger partial charge in [-0.05, 0) is 58.8 Å². The Morgan fingerprint density at radius 2 is 1.54 bits per heavy atom. The van der Waals surface area contributed by atoms with Gasteiger partial charge in [0.05, 0.1) is 11.2 Å². The molecular weight excluding hydrogens is 495 g/mol. The average molecular weight is 531 g/mol. The molecule has 6 aromatic rings. The van der Waals surface area contributed by atoms with E-state index in [9.17, 15) is 0 Å². The van der Waals surface area contributed by atoms with Gasteiger partial charge >= 0.3 is 0 Å². The minimum atomic E-state index is -0.0820. The smallest absolute Gasteiger partial charge is 0.198 e. The van der Waals surface area contributed by atoms with Crippen LogP contribution in [0.25, 0.3) is 38.6 Å². The highest BCUT2D eigenvalue weighted by Gasteiger charge is 2.34. The second kappa shape index (κ2) is 9.14. The van der Waals surface area contributed by atoms with Gasteiger partial charge in [0.1, 0.15) is 0 Å². The van der Waals surface area contributed by atoms with E-state index in [1.54, 1.807) is 0 Å². The van der Waals surface area contributed by atoms with Crippen molar-refractivity contribution in [2.24, 2.45) is 0 Å². The summed E-state index contributed by atoms with van der Waals surface area (Å²) in [6.07, 6.45) is 4.82. The van der Waals surface area contributed by atoms with Gasteiger partial charge in [-0.15, -0.1) is 0 Å². The second-order valence-electron chi connectivity index (χ2n) is 12.5. The highest BCUT2D eigenvalue weighted by atomic mass is 15.0. The Bertz CT molecular complexity index is 1990. The zero-order chi connectivity index (χ0) is 27.7. The van der Waals surface area contributed by atoms with E-state index in [2.05, 4.69) is 128 Å². The fourth-order valence-electron chi connectivity index (χ4n) is 7.59. The molecule has 200 valence electrons. The number of hydrogen-bond acceptors (Lipinski definition) is 1. The molecule has 8 rings (SSSR count). The highest BCUT2D eigenvalue weighted by Crippen LogP contribution is 2.48. The van der Waals surface area contributed by atoms with E-state index in [1.165, 1.54) is 96.9 Å². The third-order valence-electron chi connectivity index (χ3n) is 9.63. The summed E-state index contributed by atoms with van der Waals surface area (Å²) in [5.41, 5.74) is 16.1. The first-order valence-corrected chi connectivity index (χ1v) is 15.2. The van der Waals surface area contributed by atoms with Crippen molar-refractivity contribution in [1.29, 1.82) is 0 Å². The molecular formula is C38H35BN2. The maximum atomic E-state index is 3.90. The molecule has 0 bridgehead atoms. The third-order valence-corrected chi connectivity index (χ3v) is 9.63. The fourth-order valence-corrected chi connectivity index (χ4v) is 7.59. The van der Waals surface area contributed by atoms with Crippen molar-refractivity contribution in [3.8, 4) is 16.8 Å². The zero-order valence-electron chi connectivity index (χ0n) is 24.2. The van der Waals surface area contributed by atoms with Crippen molar-refractivity contribution < 1.29 is 0 Å². The second-order valence-corrected chi connectivity index (χ2v) is 12.5. The van der Waals surface area contributed by atoms with Crippen LogP contribution in [0.3, 0.4) is 0 Å². The lowest BCUT2D eigenvalue weighted by molar-refractivity contribution is 0.638. The van der Waals surface area contributed by atoms with Crippen molar-refractivity contribution in [2.75, 3.05) is 5.32 Å². The number of rotatable bonds is 5. The zero-order valence-corrected chi connectivity index (χ0v) is 24.2. The van der Waals surface area contributed by atoms with E-state index in [0.717, 1.165) is 13.7 Å². The molecule has 0 spiro atoms. The van der Waals surface area contributed by atoms with Crippen LogP contribution in [0.1, 0.15) is 56.7 Å². The summed E-state index contributed by atoms with van der Waals surface area (Å²) in [6, 6.07) is 36.5. The van der Waals surface area contributed by atoms with Crippen molar-refractivity contribution in [2.45, 2.75) is 51.9 Å². The summed E-state index contributed by atoms with van der Waals surface area (Å²) in [6.45, 7) is 7.02. The Morgan fingerprint density at radius 1 is 0.756 bits per heavy atom. The molecule has 0 radical (unpaired) electrons. The molecule has 3 heterocycles. The van der Waals surface area contributed by atoms with E-state index in [-0.39, 0.29) is 5.41 Å². The number of nitrogens with zero attached hydrogens (tertiary/aromatic N) is 1. The van der Waals surface area contributed by atoms with Crippen LogP contribution < -0.4 is 16.2 Å². The molecule has 5 aromatic carbocycles. The van der Waals surface area contributed by atoms with Gasteiger partial charge in [0.2, 0.25) is 0 Å². The number of aromatic nitrogens is 1.